The lowest BCUT2D eigenvalue weighted by molar-refractivity contribution is -0.144. The maximum Gasteiger partial charge on any atom is 0.238 e. The van der Waals surface area contributed by atoms with Crippen molar-refractivity contribution in [3.8, 4) is 0 Å². The van der Waals surface area contributed by atoms with Gasteiger partial charge in [-0.25, -0.2) is 0 Å². The number of hydrogen-bond donors (Lipinski definition) is 0. The molecule has 0 aromatic rings. The quantitative estimate of drug-likeness (QED) is 0.379. The third-order valence-electron chi connectivity index (χ3n) is 7.33. The van der Waals surface area contributed by atoms with E-state index in [9.17, 15) is 19.2 Å². The summed E-state index contributed by atoms with van der Waals surface area (Å²) in [6.45, 7) is 3.14. The van der Waals surface area contributed by atoms with Crippen LogP contribution in [0.3, 0.4) is 0 Å². The van der Waals surface area contributed by atoms with Crippen molar-refractivity contribution in [3.05, 3.63) is 0 Å². The molecule has 0 unspecified atom stereocenters. The average Bonchev–Trinajstić information content (AvgIpc) is 2.85. The Hall–Kier alpha value is -1.98. The Morgan fingerprint density at radius 1 is 0.694 bits per heavy atom. The minimum atomic E-state index is -0.244. The molecule has 0 atom stereocenters. The Balaban J connectivity index is 0.000000214. The van der Waals surface area contributed by atoms with Crippen molar-refractivity contribution in [2.24, 2.45) is 0 Å². The molecule has 0 spiro atoms. The lowest BCUT2D eigenvalue weighted by Crippen LogP contribution is -2.61. The van der Waals surface area contributed by atoms with Crippen LogP contribution in [0, 0.1) is 0 Å². The van der Waals surface area contributed by atoms with Crippen LogP contribution in [0.5, 0.6) is 0 Å². The summed E-state index contributed by atoms with van der Waals surface area (Å²) in [4.78, 5) is 54.0. The van der Waals surface area contributed by atoms with Gasteiger partial charge in [0.2, 0.25) is 23.6 Å². The van der Waals surface area contributed by atoms with Gasteiger partial charge < -0.3 is 4.74 Å². The summed E-state index contributed by atoms with van der Waals surface area (Å²) in [5.74, 6) is -0.624. The fourth-order valence-corrected chi connectivity index (χ4v) is 6.35. The number of amides is 4. The Kier molecular flexibility index (Phi) is 10.7. The molecule has 2 saturated carbocycles. The van der Waals surface area contributed by atoms with E-state index in [4.69, 9.17) is 29.2 Å². The van der Waals surface area contributed by atoms with Crippen LogP contribution in [0.15, 0.2) is 0 Å². The Bertz CT molecular complexity index is 833. The zero-order chi connectivity index (χ0) is 26.2. The van der Waals surface area contributed by atoms with Crippen LogP contribution >= 0.6 is 24.4 Å². The standard InChI is InChI=1S/C16H24N2O2S.C9H14N2O3S/c19-14-11-15(20)18(13-9-5-2-6-10-13)16(21)17(14)12-7-3-1-4-8-12;1-3-10-7(12)6-8(13)11(9(10)15)4-5-14-2/h12-13H,1-11H2;3-6H2,1-2H3. The second-order valence-electron chi connectivity index (χ2n) is 9.71. The molecular weight excluding hydrogens is 500 g/mol. The van der Waals surface area contributed by atoms with Gasteiger partial charge in [0.1, 0.15) is 12.8 Å². The van der Waals surface area contributed by atoms with E-state index in [0.717, 1.165) is 51.4 Å². The third-order valence-corrected chi connectivity index (χ3v) is 8.17. The lowest BCUT2D eigenvalue weighted by Gasteiger charge is -2.44. The summed E-state index contributed by atoms with van der Waals surface area (Å²) < 4.78 is 4.88. The minimum Gasteiger partial charge on any atom is -0.383 e. The van der Waals surface area contributed by atoms with Crippen molar-refractivity contribution in [1.82, 2.24) is 19.6 Å². The summed E-state index contributed by atoms with van der Waals surface area (Å²) in [6.07, 6.45) is 11.2. The van der Waals surface area contributed by atoms with E-state index in [1.807, 2.05) is 6.92 Å². The first kappa shape index (κ1) is 28.6. The van der Waals surface area contributed by atoms with E-state index < -0.39 is 0 Å². The molecule has 0 aromatic carbocycles. The second-order valence-corrected chi connectivity index (χ2v) is 10.4. The molecule has 2 saturated heterocycles. The molecule has 200 valence electrons. The first-order chi connectivity index (χ1) is 17.3. The Morgan fingerprint density at radius 2 is 1.14 bits per heavy atom. The molecule has 0 N–H and O–H groups in total. The molecule has 4 amide bonds. The van der Waals surface area contributed by atoms with E-state index >= 15 is 0 Å². The fraction of sp³-hybridized carbons (Fsp3) is 0.760. The summed E-state index contributed by atoms with van der Waals surface area (Å²) in [6, 6.07) is 0.441. The maximum atomic E-state index is 12.3. The summed E-state index contributed by atoms with van der Waals surface area (Å²) in [5, 5.41) is 0.783. The molecular formula is C25H38N4O5S2. The molecule has 2 aliphatic heterocycles. The van der Waals surface area contributed by atoms with Gasteiger partial charge in [0.05, 0.1) is 13.2 Å². The molecule has 2 heterocycles. The molecule has 9 nitrogen and oxygen atoms in total. The summed E-state index contributed by atoms with van der Waals surface area (Å²) >= 11 is 10.6. The van der Waals surface area contributed by atoms with E-state index in [-0.39, 0.29) is 53.7 Å². The number of ether oxygens (including phenoxy) is 1. The van der Waals surface area contributed by atoms with Crippen molar-refractivity contribution in [1.29, 1.82) is 0 Å². The smallest absolute Gasteiger partial charge is 0.238 e. The highest BCUT2D eigenvalue weighted by atomic mass is 32.1. The van der Waals surface area contributed by atoms with Gasteiger partial charge in [-0.1, -0.05) is 38.5 Å². The number of carbonyl (C=O) groups excluding carboxylic acids is 4. The number of thiocarbonyl (C=S) groups is 2. The van der Waals surface area contributed by atoms with Crippen molar-refractivity contribution >= 4 is 58.3 Å². The van der Waals surface area contributed by atoms with Crippen LogP contribution in [0.4, 0.5) is 0 Å². The van der Waals surface area contributed by atoms with Crippen molar-refractivity contribution in [3.63, 3.8) is 0 Å². The molecule has 0 radical (unpaired) electrons. The number of rotatable bonds is 6. The predicted octanol–water partition coefficient (Wildman–Crippen LogP) is 3.00. The van der Waals surface area contributed by atoms with Crippen molar-refractivity contribution in [2.45, 2.75) is 96.1 Å². The first-order valence-electron chi connectivity index (χ1n) is 13.1. The molecule has 11 heteroatoms. The monoisotopic (exact) mass is 538 g/mol. The highest BCUT2D eigenvalue weighted by molar-refractivity contribution is 7.80. The van der Waals surface area contributed by atoms with Crippen molar-refractivity contribution < 1.29 is 23.9 Å². The SMILES string of the molecule is CCN1C(=O)CC(=O)N(CCOC)C1=S.O=C1CC(=O)N(C2CCCCC2)C(=S)N1C1CCCCC1. The average molecular weight is 539 g/mol. The molecule has 4 aliphatic rings. The van der Waals surface area contributed by atoms with E-state index in [1.54, 1.807) is 16.9 Å². The molecule has 4 fully saturated rings. The van der Waals surface area contributed by atoms with Gasteiger partial charge in [0, 0.05) is 25.7 Å². The van der Waals surface area contributed by atoms with Gasteiger partial charge in [0.15, 0.2) is 10.2 Å². The Labute approximate surface area is 224 Å². The number of hydrogen-bond acceptors (Lipinski definition) is 7. The summed E-state index contributed by atoms with van der Waals surface area (Å²) in [5.41, 5.74) is 0. The van der Waals surface area contributed by atoms with Gasteiger partial charge in [-0.05, 0) is 57.0 Å². The van der Waals surface area contributed by atoms with Crippen LogP contribution in [0.1, 0.15) is 84.0 Å². The number of carbonyl (C=O) groups is 4. The topological polar surface area (TPSA) is 90.5 Å². The molecule has 2 aliphatic carbocycles. The minimum absolute atomic E-state index is 0.00708. The van der Waals surface area contributed by atoms with Gasteiger partial charge >= 0.3 is 0 Å². The maximum absolute atomic E-state index is 12.3. The van der Waals surface area contributed by atoms with Crippen molar-refractivity contribution in [2.75, 3.05) is 26.8 Å². The highest BCUT2D eigenvalue weighted by Gasteiger charge is 2.42. The van der Waals surface area contributed by atoms with Crippen LogP contribution in [-0.2, 0) is 23.9 Å². The van der Waals surface area contributed by atoms with E-state index in [0.29, 0.717) is 24.8 Å². The normalized spacial score (nSPS) is 22.8. The molecule has 4 rings (SSSR count). The zero-order valence-electron chi connectivity index (χ0n) is 21.4. The largest absolute Gasteiger partial charge is 0.383 e. The molecule has 36 heavy (non-hydrogen) atoms. The number of nitrogens with zero attached hydrogens (tertiary/aromatic N) is 4. The van der Waals surface area contributed by atoms with Crippen LogP contribution in [0.2, 0.25) is 0 Å². The molecule has 0 bridgehead atoms. The highest BCUT2D eigenvalue weighted by Crippen LogP contribution is 2.31. The van der Waals surface area contributed by atoms with Gasteiger partial charge in [-0.3, -0.25) is 38.8 Å². The first-order valence-corrected chi connectivity index (χ1v) is 13.9. The van der Waals surface area contributed by atoms with Gasteiger partial charge in [0.25, 0.3) is 0 Å². The van der Waals surface area contributed by atoms with E-state index in [2.05, 4.69) is 0 Å². The van der Waals surface area contributed by atoms with Gasteiger partial charge in [-0.2, -0.15) is 0 Å². The van der Waals surface area contributed by atoms with E-state index in [1.165, 1.54) is 22.6 Å². The van der Waals surface area contributed by atoms with Crippen LogP contribution in [0.25, 0.3) is 0 Å². The second kappa shape index (κ2) is 13.5. The molecule has 0 aromatic heterocycles. The third kappa shape index (κ3) is 6.66. The van der Waals surface area contributed by atoms with Crippen LogP contribution in [-0.4, -0.2) is 92.3 Å². The lowest BCUT2D eigenvalue weighted by atomic mass is 9.92. The number of methoxy groups -OCH3 is 1. The van der Waals surface area contributed by atoms with Crippen LogP contribution < -0.4 is 0 Å². The zero-order valence-corrected chi connectivity index (χ0v) is 23.0. The fourth-order valence-electron chi connectivity index (χ4n) is 5.42. The summed E-state index contributed by atoms with van der Waals surface area (Å²) in [7, 11) is 1.56. The predicted molar refractivity (Wildman–Crippen MR) is 143 cm³/mol. The Morgan fingerprint density at radius 3 is 1.58 bits per heavy atom. The van der Waals surface area contributed by atoms with Gasteiger partial charge in [-0.15, -0.1) is 0 Å².